The normalized spacial score (nSPS) is 14.0. The summed E-state index contributed by atoms with van der Waals surface area (Å²) < 4.78 is 2.16. The first-order valence-corrected chi connectivity index (χ1v) is 6.89. The number of nitriles is 1. The minimum atomic E-state index is 0.619. The third-order valence-electron chi connectivity index (χ3n) is 3.93. The van der Waals surface area contributed by atoms with Gasteiger partial charge in [0.1, 0.15) is 11.9 Å². The number of para-hydroxylation sites is 1. The van der Waals surface area contributed by atoms with Crippen molar-refractivity contribution in [1.82, 2.24) is 14.5 Å². The maximum absolute atomic E-state index is 9.43. The van der Waals surface area contributed by atoms with Crippen molar-refractivity contribution in [3.05, 3.63) is 54.2 Å². The van der Waals surface area contributed by atoms with E-state index in [0.29, 0.717) is 5.56 Å². The van der Waals surface area contributed by atoms with Crippen molar-refractivity contribution < 1.29 is 0 Å². The van der Waals surface area contributed by atoms with E-state index in [1.807, 2.05) is 36.7 Å². The number of nitrogens with zero attached hydrogens (tertiary/aromatic N) is 5. The Morgan fingerprint density at radius 3 is 2.95 bits per heavy atom. The zero-order chi connectivity index (χ0) is 14.2. The lowest BCUT2D eigenvalue weighted by Crippen LogP contribution is -2.34. The van der Waals surface area contributed by atoms with E-state index in [1.54, 1.807) is 6.20 Å². The van der Waals surface area contributed by atoms with E-state index in [0.717, 1.165) is 42.0 Å². The van der Waals surface area contributed by atoms with Gasteiger partial charge in [-0.3, -0.25) is 4.98 Å². The van der Waals surface area contributed by atoms with Crippen LogP contribution in [-0.4, -0.2) is 21.1 Å². The predicted octanol–water partition coefficient (Wildman–Crippen LogP) is 2.32. The van der Waals surface area contributed by atoms with E-state index in [-0.39, 0.29) is 0 Å². The molecule has 0 saturated carbocycles. The van der Waals surface area contributed by atoms with Gasteiger partial charge in [-0.25, -0.2) is 4.98 Å². The number of rotatable bonds is 1. The van der Waals surface area contributed by atoms with Crippen LogP contribution in [0.2, 0.25) is 0 Å². The molecule has 0 bridgehead atoms. The molecule has 2 aromatic heterocycles. The Bertz CT molecular complexity index is 858. The molecule has 0 N–H and O–H groups in total. The van der Waals surface area contributed by atoms with Gasteiger partial charge in [0.05, 0.1) is 23.3 Å². The highest BCUT2D eigenvalue weighted by molar-refractivity contribution is 5.94. The Morgan fingerprint density at radius 1 is 1.14 bits per heavy atom. The van der Waals surface area contributed by atoms with Crippen LogP contribution in [0.1, 0.15) is 11.4 Å². The second-order valence-electron chi connectivity index (χ2n) is 5.11. The molecule has 5 heteroatoms. The summed E-state index contributed by atoms with van der Waals surface area (Å²) in [5.41, 5.74) is 2.51. The Labute approximate surface area is 122 Å². The molecule has 0 aliphatic carbocycles. The maximum atomic E-state index is 9.43. The van der Waals surface area contributed by atoms with Crippen LogP contribution in [0, 0.1) is 11.3 Å². The van der Waals surface area contributed by atoms with Crippen LogP contribution in [0.5, 0.6) is 0 Å². The van der Waals surface area contributed by atoms with E-state index in [9.17, 15) is 5.26 Å². The molecule has 5 nitrogen and oxygen atoms in total. The molecule has 102 valence electrons. The Morgan fingerprint density at radius 2 is 2.05 bits per heavy atom. The van der Waals surface area contributed by atoms with Crippen LogP contribution in [0.4, 0.5) is 5.69 Å². The van der Waals surface area contributed by atoms with Gasteiger partial charge in [-0.15, -0.1) is 0 Å². The van der Waals surface area contributed by atoms with Gasteiger partial charge in [0.25, 0.3) is 0 Å². The summed E-state index contributed by atoms with van der Waals surface area (Å²) in [4.78, 5) is 11.0. The number of hydrogen-bond donors (Lipinski definition) is 0. The molecule has 0 fully saturated rings. The molecule has 0 unspecified atom stereocenters. The van der Waals surface area contributed by atoms with Crippen molar-refractivity contribution in [2.24, 2.45) is 0 Å². The number of anilines is 1. The zero-order valence-corrected chi connectivity index (χ0v) is 11.4. The average molecular weight is 275 g/mol. The Balaban J connectivity index is 1.88. The molecule has 3 aromatic rings. The van der Waals surface area contributed by atoms with E-state index < -0.39 is 0 Å². The van der Waals surface area contributed by atoms with Crippen molar-refractivity contribution in [1.29, 1.82) is 5.26 Å². The first kappa shape index (κ1) is 11.9. The fourth-order valence-electron chi connectivity index (χ4n) is 2.91. The molecule has 21 heavy (non-hydrogen) atoms. The molecule has 1 aromatic carbocycles. The van der Waals surface area contributed by atoms with Gasteiger partial charge in [-0.05, 0) is 6.07 Å². The predicted molar refractivity (Wildman–Crippen MR) is 79.7 cm³/mol. The Kier molecular flexibility index (Phi) is 2.61. The minimum absolute atomic E-state index is 0.619. The Hall–Kier alpha value is -2.87. The van der Waals surface area contributed by atoms with Crippen LogP contribution in [0.15, 0.2) is 42.9 Å². The number of hydrogen-bond acceptors (Lipinski definition) is 4. The van der Waals surface area contributed by atoms with Crippen molar-refractivity contribution in [2.75, 3.05) is 11.4 Å². The standard InChI is InChI=1S/C16H13N5/c17-9-12-10-19-14-4-2-1-3-13(14)16(12)21-8-7-20-6-5-18-15(20)11-21/h1-6,10H,7-8,11H2. The van der Waals surface area contributed by atoms with Crippen molar-refractivity contribution in [2.45, 2.75) is 13.1 Å². The first-order valence-electron chi connectivity index (χ1n) is 6.89. The van der Waals surface area contributed by atoms with Crippen LogP contribution in [-0.2, 0) is 13.1 Å². The zero-order valence-electron chi connectivity index (χ0n) is 11.4. The summed E-state index contributed by atoms with van der Waals surface area (Å²) in [7, 11) is 0. The molecular weight excluding hydrogens is 262 g/mol. The number of imidazole rings is 1. The molecule has 0 radical (unpaired) electrons. The largest absolute Gasteiger partial charge is 0.361 e. The highest BCUT2D eigenvalue weighted by Gasteiger charge is 2.21. The van der Waals surface area contributed by atoms with E-state index in [2.05, 4.69) is 25.5 Å². The van der Waals surface area contributed by atoms with Crippen LogP contribution in [0.3, 0.4) is 0 Å². The van der Waals surface area contributed by atoms with Gasteiger partial charge in [0, 0.05) is 37.1 Å². The molecule has 0 amide bonds. The quantitative estimate of drug-likeness (QED) is 0.684. The van der Waals surface area contributed by atoms with E-state index in [1.165, 1.54) is 0 Å². The van der Waals surface area contributed by atoms with Gasteiger partial charge in [-0.1, -0.05) is 18.2 Å². The van der Waals surface area contributed by atoms with Crippen molar-refractivity contribution in [3.63, 3.8) is 0 Å². The average Bonchev–Trinajstić information content (AvgIpc) is 3.01. The lowest BCUT2D eigenvalue weighted by atomic mass is 10.1. The summed E-state index contributed by atoms with van der Waals surface area (Å²) >= 11 is 0. The molecule has 0 atom stereocenters. The molecule has 1 aliphatic rings. The van der Waals surface area contributed by atoms with Gasteiger partial charge in [0.2, 0.25) is 0 Å². The lowest BCUT2D eigenvalue weighted by Gasteiger charge is -2.31. The summed E-state index contributed by atoms with van der Waals surface area (Å²) in [6.45, 7) is 2.47. The van der Waals surface area contributed by atoms with E-state index in [4.69, 9.17) is 0 Å². The highest BCUT2D eigenvalue weighted by atomic mass is 15.2. The smallest absolute Gasteiger partial charge is 0.128 e. The van der Waals surface area contributed by atoms with Gasteiger partial charge in [-0.2, -0.15) is 5.26 Å². The molecule has 4 rings (SSSR count). The number of aromatic nitrogens is 3. The number of pyridine rings is 1. The van der Waals surface area contributed by atoms with Crippen molar-refractivity contribution in [3.8, 4) is 6.07 Å². The molecule has 1 aliphatic heterocycles. The van der Waals surface area contributed by atoms with Gasteiger partial charge < -0.3 is 9.47 Å². The highest BCUT2D eigenvalue weighted by Crippen LogP contribution is 2.31. The topological polar surface area (TPSA) is 57.7 Å². The third-order valence-corrected chi connectivity index (χ3v) is 3.93. The summed E-state index contributed by atoms with van der Waals surface area (Å²) in [6, 6.07) is 10.2. The van der Waals surface area contributed by atoms with Crippen LogP contribution >= 0.6 is 0 Å². The molecule has 0 saturated heterocycles. The second-order valence-corrected chi connectivity index (χ2v) is 5.11. The second kappa shape index (κ2) is 4.60. The summed E-state index contributed by atoms with van der Waals surface area (Å²) in [5.74, 6) is 1.03. The molecule has 3 heterocycles. The fraction of sp³-hybridized carbons (Fsp3) is 0.188. The maximum Gasteiger partial charge on any atom is 0.128 e. The number of fused-ring (bicyclic) bond motifs is 2. The summed E-state index contributed by atoms with van der Waals surface area (Å²) in [5, 5.41) is 10.5. The molecule has 0 spiro atoms. The van der Waals surface area contributed by atoms with Crippen LogP contribution in [0.25, 0.3) is 10.9 Å². The van der Waals surface area contributed by atoms with Gasteiger partial charge in [0.15, 0.2) is 0 Å². The van der Waals surface area contributed by atoms with Crippen molar-refractivity contribution >= 4 is 16.6 Å². The first-order chi connectivity index (χ1) is 10.4. The van der Waals surface area contributed by atoms with E-state index >= 15 is 0 Å². The fourth-order valence-corrected chi connectivity index (χ4v) is 2.91. The lowest BCUT2D eigenvalue weighted by molar-refractivity contribution is 0.561. The molecular formula is C16H13N5. The monoisotopic (exact) mass is 275 g/mol. The van der Waals surface area contributed by atoms with Gasteiger partial charge >= 0.3 is 0 Å². The minimum Gasteiger partial charge on any atom is -0.361 e. The number of benzene rings is 1. The third kappa shape index (κ3) is 1.84. The summed E-state index contributed by atoms with van der Waals surface area (Å²) in [6.07, 6.45) is 5.50. The SMILES string of the molecule is N#Cc1cnc2ccccc2c1N1CCn2ccnc2C1. The van der Waals surface area contributed by atoms with Crippen LogP contribution < -0.4 is 4.90 Å².